The zero-order chi connectivity index (χ0) is 12.1. The van der Waals surface area contributed by atoms with Crippen LogP contribution in [-0.4, -0.2) is 35.2 Å². The third kappa shape index (κ3) is 4.14. The number of hydrogen-bond donors (Lipinski definition) is 1. The molecule has 1 atom stereocenters. The van der Waals surface area contributed by atoms with Gasteiger partial charge in [0, 0.05) is 13.1 Å². The van der Waals surface area contributed by atoms with Crippen LogP contribution in [0.1, 0.15) is 31.7 Å². The van der Waals surface area contributed by atoms with E-state index in [1.165, 1.54) is 24.8 Å². The highest BCUT2D eigenvalue weighted by atomic mass is 16.3. The fourth-order valence-electron chi connectivity index (χ4n) is 2.54. The molecule has 1 aromatic rings. The Hall–Kier alpha value is -0.860. The number of β-amino-alcohol motifs (C(OH)–C–C–N with tert-alkyl or cyclic N) is 1. The number of hydrogen-bond acceptors (Lipinski definition) is 2. The maximum absolute atomic E-state index is 9.86. The van der Waals surface area contributed by atoms with Gasteiger partial charge in [0.1, 0.15) is 0 Å². The number of benzene rings is 1. The topological polar surface area (TPSA) is 23.5 Å². The predicted molar refractivity (Wildman–Crippen MR) is 71.1 cm³/mol. The van der Waals surface area contributed by atoms with Gasteiger partial charge in [-0.3, -0.25) is 0 Å². The molecule has 1 N–H and O–H groups in total. The summed E-state index contributed by atoms with van der Waals surface area (Å²) in [6.45, 7) is 4.97. The van der Waals surface area contributed by atoms with Crippen molar-refractivity contribution in [2.24, 2.45) is 0 Å². The summed E-state index contributed by atoms with van der Waals surface area (Å²) in [5, 5.41) is 9.86. The smallest absolute Gasteiger partial charge is 0.0758 e. The summed E-state index contributed by atoms with van der Waals surface area (Å²) in [4.78, 5) is 2.38. The number of rotatable bonds is 5. The lowest BCUT2D eigenvalue weighted by molar-refractivity contribution is 0.0686. The Morgan fingerprint density at radius 1 is 1.24 bits per heavy atom. The van der Waals surface area contributed by atoms with Gasteiger partial charge >= 0.3 is 0 Å². The SMILES string of the molecule is CC1(O)CCN(CCCCc2ccccc2)C1. The van der Waals surface area contributed by atoms with E-state index in [2.05, 4.69) is 35.2 Å². The van der Waals surface area contributed by atoms with Crippen LogP contribution in [0.25, 0.3) is 0 Å². The van der Waals surface area contributed by atoms with Gasteiger partial charge in [0.2, 0.25) is 0 Å². The molecule has 94 valence electrons. The van der Waals surface area contributed by atoms with Crippen LogP contribution in [0.2, 0.25) is 0 Å². The summed E-state index contributed by atoms with van der Waals surface area (Å²) in [6, 6.07) is 10.7. The van der Waals surface area contributed by atoms with Crippen molar-refractivity contribution in [3.05, 3.63) is 35.9 Å². The lowest BCUT2D eigenvalue weighted by atomic mass is 10.1. The lowest BCUT2D eigenvalue weighted by Gasteiger charge is -2.18. The standard InChI is InChI=1S/C15H23NO/c1-15(17)10-12-16(13-15)11-6-5-9-14-7-3-2-4-8-14/h2-4,7-8,17H,5-6,9-13H2,1H3. The molecular weight excluding hydrogens is 210 g/mol. The summed E-state index contributed by atoms with van der Waals surface area (Å²) in [5.74, 6) is 0. The van der Waals surface area contributed by atoms with Crippen molar-refractivity contribution >= 4 is 0 Å². The molecule has 0 saturated carbocycles. The summed E-state index contributed by atoms with van der Waals surface area (Å²) in [7, 11) is 0. The molecule has 0 amide bonds. The van der Waals surface area contributed by atoms with E-state index in [0.29, 0.717) is 0 Å². The van der Waals surface area contributed by atoms with Gasteiger partial charge in [0.15, 0.2) is 0 Å². The van der Waals surface area contributed by atoms with Crippen molar-refractivity contribution in [3.63, 3.8) is 0 Å². The fourth-order valence-corrected chi connectivity index (χ4v) is 2.54. The average Bonchev–Trinajstić information content (AvgIpc) is 2.66. The van der Waals surface area contributed by atoms with E-state index < -0.39 is 5.60 Å². The quantitative estimate of drug-likeness (QED) is 0.790. The normalized spacial score (nSPS) is 25.3. The van der Waals surface area contributed by atoms with Crippen molar-refractivity contribution in [2.45, 2.75) is 38.2 Å². The molecule has 1 aliphatic heterocycles. The number of aliphatic hydroxyl groups is 1. The molecule has 1 fully saturated rings. The second-order valence-electron chi connectivity index (χ2n) is 5.47. The monoisotopic (exact) mass is 233 g/mol. The molecule has 1 aromatic carbocycles. The number of unbranched alkanes of at least 4 members (excludes halogenated alkanes) is 1. The molecule has 1 saturated heterocycles. The Balaban J connectivity index is 1.61. The van der Waals surface area contributed by atoms with Crippen LogP contribution in [0.4, 0.5) is 0 Å². The van der Waals surface area contributed by atoms with Gasteiger partial charge in [0.25, 0.3) is 0 Å². The minimum atomic E-state index is -0.445. The first-order valence-electron chi connectivity index (χ1n) is 6.64. The van der Waals surface area contributed by atoms with E-state index in [9.17, 15) is 5.11 Å². The van der Waals surface area contributed by atoms with Gasteiger partial charge < -0.3 is 10.0 Å². The van der Waals surface area contributed by atoms with Gasteiger partial charge in [-0.2, -0.15) is 0 Å². The Kier molecular flexibility index (Phi) is 4.19. The van der Waals surface area contributed by atoms with E-state index >= 15 is 0 Å². The van der Waals surface area contributed by atoms with Gasteiger partial charge in [-0.05, 0) is 44.7 Å². The van der Waals surface area contributed by atoms with Crippen LogP contribution in [-0.2, 0) is 6.42 Å². The highest BCUT2D eigenvalue weighted by molar-refractivity contribution is 5.14. The van der Waals surface area contributed by atoms with Gasteiger partial charge in [-0.1, -0.05) is 30.3 Å². The Morgan fingerprint density at radius 2 is 2.00 bits per heavy atom. The van der Waals surface area contributed by atoms with Crippen LogP contribution >= 0.6 is 0 Å². The first kappa shape index (κ1) is 12.6. The average molecular weight is 233 g/mol. The second-order valence-corrected chi connectivity index (χ2v) is 5.47. The zero-order valence-electron chi connectivity index (χ0n) is 10.7. The van der Waals surface area contributed by atoms with Crippen LogP contribution in [0.3, 0.4) is 0 Å². The molecule has 0 bridgehead atoms. The van der Waals surface area contributed by atoms with Crippen molar-refractivity contribution < 1.29 is 5.11 Å². The van der Waals surface area contributed by atoms with E-state index in [0.717, 1.165) is 26.1 Å². The number of nitrogens with zero attached hydrogens (tertiary/aromatic N) is 1. The van der Waals surface area contributed by atoms with E-state index in [-0.39, 0.29) is 0 Å². The van der Waals surface area contributed by atoms with Crippen LogP contribution in [0.5, 0.6) is 0 Å². The number of likely N-dealkylation sites (tertiary alicyclic amines) is 1. The van der Waals surface area contributed by atoms with Crippen LogP contribution < -0.4 is 0 Å². The maximum atomic E-state index is 9.86. The maximum Gasteiger partial charge on any atom is 0.0758 e. The van der Waals surface area contributed by atoms with E-state index in [1.54, 1.807) is 0 Å². The number of aryl methyl sites for hydroxylation is 1. The molecule has 17 heavy (non-hydrogen) atoms. The predicted octanol–water partition coefficient (Wildman–Crippen LogP) is 2.47. The van der Waals surface area contributed by atoms with Crippen molar-refractivity contribution in [1.29, 1.82) is 0 Å². The highest BCUT2D eigenvalue weighted by Gasteiger charge is 2.30. The molecule has 0 aromatic heterocycles. The lowest BCUT2D eigenvalue weighted by Crippen LogP contribution is -2.30. The third-order valence-corrected chi connectivity index (χ3v) is 3.56. The first-order chi connectivity index (χ1) is 8.16. The molecule has 0 spiro atoms. The molecule has 1 aliphatic rings. The van der Waals surface area contributed by atoms with E-state index in [4.69, 9.17) is 0 Å². The molecular formula is C15H23NO. The summed E-state index contributed by atoms with van der Waals surface area (Å²) >= 11 is 0. The first-order valence-corrected chi connectivity index (χ1v) is 6.64. The molecule has 0 aliphatic carbocycles. The van der Waals surface area contributed by atoms with Crippen molar-refractivity contribution in [1.82, 2.24) is 4.90 Å². The largest absolute Gasteiger partial charge is 0.389 e. The molecule has 2 heteroatoms. The summed E-state index contributed by atoms with van der Waals surface area (Å²) < 4.78 is 0. The summed E-state index contributed by atoms with van der Waals surface area (Å²) in [6.07, 6.45) is 4.56. The summed E-state index contributed by atoms with van der Waals surface area (Å²) in [5.41, 5.74) is 0.986. The molecule has 0 radical (unpaired) electrons. The molecule has 2 rings (SSSR count). The Labute approximate surface area is 104 Å². The zero-order valence-corrected chi connectivity index (χ0v) is 10.7. The van der Waals surface area contributed by atoms with Gasteiger partial charge in [-0.15, -0.1) is 0 Å². The van der Waals surface area contributed by atoms with Crippen LogP contribution in [0, 0.1) is 0 Å². The minimum absolute atomic E-state index is 0.445. The molecule has 1 unspecified atom stereocenters. The molecule has 1 heterocycles. The van der Waals surface area contributed by atoms with Crippen molar-refractivity contribution in [3.8, 4) is 0 Å². The van der Waals surface area contributed by atoms with Crippen molar-refractivity contribution in [2.75, 3.05) is 19.6 Å². The second kappa shape index (κ2) is 5.65. The Bertz CT molecular complexity index is 334. The van der Waals surface area contributed by atoms with Gasteiger partial charge in [0.05, 0.1) is 5.60 Å². The van der Waals surface area contributed by atoms with E-state index in [1.807, 2.05) is 6.92 Å². The Morgan fingerprint density at radius 3 is 2.65 bits per heavy atom. The molecule has 2 nitrogen and oxygen atoms in total. The third-order valence-electron chi connectivity index (χ3n) is 3.56. The van der Waals surface area contributed by atoms with Gasteiger partial charge in [-0.25, -0.2) is 0 Å². The highest BCUT2D eigenvalue weighted by Crippen LogP contribution is 2.20. The fraction of sp³-hybridized carbons (Fsp3) is 0.600. The van der Waals surface area contributed by atoms with Crippen LogP contribution in [0.15, 0.2) is 30.3 Å². The minimum Gasteiger partial charge on any atom is -0.389 e.